The van der Waals surface area contributed by atoms with Crippen LogP contribution in [-0.2, 0) is 4.79 Å². The molecule has 0 bridgehead atoms. The van der Waals surface area contributed by atoms with Crippen molar-refractivity contribution >= 4 is 16.7 Å². The molecule has 0 radical (unpaired) electrons. The van der Waals surface area contributed by atoms with E-state index in [1.807, 2.05) is 36.4 Å². The van der Waals surface area contributed by atoms with Gasteiger partial charge < -0.3 is 10.1 Å². The van der Waals surface area contributed by atoms with E-state index in [2.05, 4.69) is 50.4 Å². The first-order valence-corrected chi connectivity index (χ1v) is 9.51. The first-order valence-electron chi connectivity index (χ1n) is 9.51. The summed E-state index contributed by atoms with van der Waals surface area (Å²) in [5.41, 5.74) is 3.59. The molecule has 3 heteroatoms. The Balaban J connectivity index is 1.69. The molecule has 0 saturated heterocycles. The van der Waals surface area contributed by atoms with Crippen LogP contribution < -0.4 is 10.1 Å². The zero-order chi connectivity index (χ0) is 19.4. The highest BCUT2D eigenvalue weighted by molar-refractivity contribution is 5.84. The van der Waals surface area contributed by atoms with Crippen molar-refractivity contribution in [3.63, 3.8) is 0 Å². The van der Waals surface area contributed by atoms with Gasteiger partial charge in [-0.25, -0.2) is 0 Å². The zero-order valence-corrected chi connectivity index (χ0v) is 16.5. The average molecular weight is 361 g/mol. The fraction of sp³-hybridized carbons (Fsp3) is 0.292. The third-order valence-corrected chi connectivity index (χ3v) is 4.93. The molecule has 140 valence electrons. The van der Waals surface area contributed by atoms with Crippen LogP contribution in [0.1, 0.15) is 43.0 Å². The van der Waals surface area contributed by atoms with Crippen molar-refractivity contribution in [1.82, 2.24) is 5.32 Å². The molecule has 0 spiro atoms. The molecule has 0 aromatic heterocycles. The number of carbonyl (C=O) groups is 1. The van der Waals surface area contributed by atoms with E-state index < -0.39 is 6.10 Å². The number of benzene rings is 3. The Morgan fingerprint density at radius 2 is 1.74 bits per heavy atom. The highest BCUT2D eigenvalue weighted by Gasteiger charge is 2.20. The van der Waals surface area contributed by atoms with Gasteiger partial charge in [-0.05, 0) is 61.2 Å². The first kappa shape index (κ1) is 19.0. The summed E-state index contributed by atoms with van der Waals surface area (Å²) in [6.07, 6.45) is 0.268. The van der Waals surface area contributed by atoms with Gasteiger partial charge in [-0.3, -0.25) is 4.79 Å². The number of aryl methyl sites for hydroxylation is 2. The van der Waals surface area contributed by atoms with E-state index in [9.17, 15) is 4.79 Å². The first-order chi connectivity index (χ1) is 13.0. The van der Waals surface area contributed by atoms with Gasteiger partial charge in [0.25, 0.3) is 5.91 Å². The summed E-state index contributed by atoms with van der Waals surface area (Å²) >= 11 is 0. The zero-order valence-electron chi connectivity index (χ0n) is 16.5. The SMILES string of the molecule is CC[C@@H](NC(=O)[C@@H](C)Oc1ccc2ccccc2c1)c1ccc(C)cc1C. The van der Waals surface area contributed by atoms with Crippen LogP contribution in [0.2, 0.25) is 0 Å². The largest absolute Gasteiger partial charge is 0.481 e. The van der Waals surface area contributed by atoms with Gasteiger partial charge in [0, 0.05) is 0 Å². The number of carbonyl (C=O) groups excluding carboxylic acids is 1. The molecule has 3 rings (SSSR count). The standard InChI is InChI=1S/C24H27NO2/c1-5-23(22-13-10-16(2)14-17(22)3)25-24(26)18(4)27-21-12-11-19-8-6-7-9-20(19)15-21/h6-15,18,23H,5H2,1-4H3,(H,25,26)/t18-,23-/m1/s1. The van der Waals surface area contributed by atoms with Crippen LogP contribution in [0.25, 0.3) is 10.8 Å². The molecule has 0 fully saturated rings. The Hall–Kier alpha value is -2.81. The molecule has 1 N–H and O–H groups in total. The van der Waals surface area contributed by atoms with Crippen LogP contribution in [0.3, 0.4) is 0 Å². The van der Waals surface area contributed by atoms with Gasteiger partial charge in [-0.15, -0.1) is 0 Å². The van der Waals surface area contributed by atoms with Crippen molar-refractivity contribution in [3.8, 4) is 5.75 Å². The molecule has 0 unspecified atom stereocenters. The topological polar surface area (TPSA) is 38.3 Å². The van der Waals surface area contributed by atoms with Crippen LogP contribution in [0.15, 0.2) is 60.7 Å². The van der Waals surface area contributed by atoms with Crippen LogP contribution in [-0.4, -0.2) is 12.0 Å². The summed E-state index contributed by atoms with van der Waals surface area (Å²) in [5.74, 6) is 0.603. The summed E-state index contributed by atoms with van der Waals surface area (Å²) in [4.78, 5) is 12.7. The molecule has 2 atom stereocenters. The molecule has 3 nitrogen and oxygen atoms in total. The van der Waals surface area contributed by atoms with E-state index in [4.69, 9.17) is 4.74 Å². The molecule has 0 aliphatic heterocycles. The van der Waals surface area contributed by atoms with Crippen LogP contribution in [0, 0.1) is 13.8 Å². The third-order valence-electron chi connectivity index (χ3n) is 4.93. The van der Waals surface area contributed by atoms with Crippen molar-refractivity contribution in [2.75, 3.05) is 0 Å². The van der Waals surface area contributed by atoms with Crippen molar-refractivity contribution in [2.45, 2.75) is 46.3 Å². The van der Waals surface area contributed by atoms with Crippen LogP contribution >= 0.6 is 0 Å². The summed E-state index contributed by atoms with van der Waals surface area (Å²) in [6, 6.07) is 20.3. The molecule has 0 aliphatic rings. The van der Waals surface area contributed by atoms with Gasteiger partial charge >= 0.3 is 0 Å². The third kappa shape index (κ3) is 4.48. The highest BCUT2D eigenvalue weighted by atomic mass is 16.5. The normalized spacial score (nSPS) is 13.2. The molecule has 0 heterocycles. The summed E-state index contributed by atoms with van der Waals surface area (Å²) in [5, 5.41) is 5.39. The van der Waals surface area contributed by atoms with Gasteiger partial charge in [-0.1, -0.05) is 61.0 Å². The lowest BCUT2D eigenvalue weighted by Crippen LogP contribution is -2.38. The monoisotopic (exact) mass is 361 g/mol. The number of hydrogen-bond donors (Lipinski definition) is 1. The highest BCUT2D eigenvalue weighted by Crippen LogP contribution is 2.23. The van der Waals surface area contributed by atoms with E-state index in [1.54, 1.807) is 6.92 Å². The maximum atomic E-state index is 12.7. The Labute approximate surface area is 161 Å². The lowest BCUT2D eigenvalue weighted by atomic mass is 9.97. The second-order valence-corrected chi connectivity index (χ2v) is 7.10. The molecule has 3 aromatic rings. The average Bonchev–Trinajstić information content (AvgIpc) is 2.66. The van der Waals surface area contributed by atoms with E-state index in [-0.39, 0.29) is 11.9 Å². The molecular weight excluding hydrogens is 334 g/mol. The Kier molecular flexibility index (Phi) is 5.80. The van der Waals surface area contributed by atoms with Crippen LogP contribution in [0.4, 0.5) is 0 Å². The van der Waals surface area contributed by atoms with Gasteiger partial charge in [0.05, 0.1) is 6.04 Å². The minimum absolute atomic E-state index is 0.0132. The van der Waals surface area contributed by atoms with E-state index in [1.165, 1.54) is 11.1 Å². The van der Waals surface area contributed by atoms with Crippen molar-refractivity contribution < 1.29 is 9.53 Å². The smallest absolute Gasteiger partial charge is 0.261 e. The van der Waals surface area contributed by atoms with Crippen molar-refractivity contribution in [2.24, 2.45) is 0 Å². The van der Waals surface area contributed by atoms with Gasteiger partial charge in [0.1, 0.15) is 5.75 Å². The predicted octanol–water partition coefficient (Wildman–Crippen LogP) is 5.49. The Bertz CT molecular complexity index is 948. The molecule has 0 aliphatic carbocycles. The second-order valence-electron chi connectivity index (χ2n) is 7.10. The number of rotatable bonds is 6. The molecule has 27 heavy (non-hydrogen) atoms. The maximum Gasteiger partial charge on any atom is 0.261 e. The number of fused-ring (bicyclic) bond motifs is 1. The Morgan fingerprint density at radius 1 is 1.00 bits per heavy atom. The lowest BCUT2D eigenvalue weighted by molar-refractivity contribution is -0.128. The fourth-order valence-electron chi connectivity index (χ4n) is 3.40. The van der Waals surface area contributed by atoms with Gasteiger partial charge in [0.2, 0.25) is 0 Å². The van der Waals surface area contributed by atoms with E-state index in [0.29, 0.717) is 5.75 Å². The minimum atomic E-state index is -0.564. The quantitative estimate of drug-likeness (QED) is 0.630. The van der Waals surface area contributed by atoms with Gasteiger partial charge in [0.15, 0.2) is 6.10 Å². The second kappa shape index (κ2) is 8.26. The Morgan fingerprint density at radius 3 is 2.44 bits per heavy atom. The van der Waals surface area contributed by atoms with E-state index >= 15 is 0 Å². The fourth-order valence-corrected chi connectivity index (χ4v) is 3.40. The summed E-state index contributed by atoms with van der Waals surface area (Å²) in [7, 11) is 0. The van der Waals surface area contributed by atoms with E-state index in [0.717, 1.165) is 22.8 Å². The van der Waals surface area contributed by atoms with Crippen LogP contribution in [0.5, 0.6) is 5.75 Å². The number of amides is 1. The molecule has 3 aromatic carbocycles. The number of nitrogens with one attached hydrogen (secondary N) is 1. The van der Waals surface area contributed by atoms with Crippen molar-refractivity contribution in [1.29, 1.82) is 0 Å². The van der Waals surface area contributed by atoms with Gasteiger partial charge in [-0.2, -0.15) is 0 Å². The molecular formula is C24H27NO2. The number of ether oxygens (including phenoxy) is 1. The number of hydrogen-bond acceptors (Lipinski definition) is 2. The van der Waals surface area contributed by atoms with Crippen molar-refractivity contribution in [3.05, 3.63) is 77.4 Å². The summed E-state index contributed by atoms with van der Waals surface area (Å²) in [6.45, 7) is 8.04. The molecule has 1 amide bonds. The lowest BCUT2D eigenvalue weighted by Gasteiger charge is -2.22. The maximum absolute atomic E-state index is 12.7. The minimum Gasteiger partial charge on any atom is -0.481 e. The molecule has 0 saturated carbocycles. The predicted molar refractivity (Wildman–Crippen MR) is 111 cm³/mol. The summed E-state index contributed by atoms with van der Waals surface area (Å²) < 4.78 is 5.90.